The van der Waals surface area contributed by atoms with Crippen LogP contribution in [-0.4, -0.2) is 28.6 Å². The van der Waals surface area contributed by atoms with Gasteiger partial charge in [-0.15, -0.1) is 0 Å². The number of nitrogens with zero attached hydrogens (tertiary/aromatic N) is 1. The highest BCUT2D eigenvalue weighted by Gasteiger charge is 2.21. The molecule has 0 radical (unpaired) electrons. The molecule has 0 saturated heterocycles. The van der Waals surface area contributed by atoms with E-state index in [4.69, 9.17) is 11.6 Å². The molecule has 1 heterocycles. The molecule has 2 aromatic rings. The smallest absolute Gasteiger partial charge is 0.272 e. The maximum Gasteiger partial charge on any atom is 0.272 e. The van der Waals surface area contributed by atoms with Crippen molar-refractivity contribution in [3.05, 3.63) is 28.9 Å². The van der Waals surface area contributed by atoms with Crippen molar-refractivity contribution < 1.29 is 13.6 Å². The second-order valence-corrected chi connectivity index (χ2v) is 4.30. The molecule has 0 bridgehead atoms. The van der Waals surface area contributed by atoms with Crippen LogP contribution in [0.25, 0.3) is 10.9 Å². The van der Waals surface area contributed by atoms with Gasteiger partial charge >= 0.3 is 0 Å². The van der Waals surface area contributed by atoms with Crippen LogP contribution in [0.3, 0.4) is 0 Å². The van der Waals surface area contributed by atoms with Crippen LogP contribution >= 0.6 is 11.6 Å². The van der Waals surface area contributed by atoms with E-state index >= 15 is 0 Å². The molecule has 4 nitrogen and oxygen atoms in total. The molecule has 1 aromatic carbocycles. The molecular weight excluding hydrogens is 264 g/mol. The van der Waals surface area contributed by atoms with E-state index in [1.165, 1.54) is 6.92 Å². The lowest BCUT2D eigenvalue weighted by molar-refractivity contribution is 0.0777. The molecule has 0 aliphatic carbocycles. The molecule has 7 heteroatoms. The van der Waals surface area contributed by atoms with E-state index < -0.39 is 18.4 Å². The van der Waals surface area contributed by atoms with Crippen LogP contribution in [0.4, 0.5) is 8.78 Å². The summed E-state index contributed by atoms with van der Waals surface area (Å²) in [5.74, 6) is -0.656. The number of amides is 1. The SMILES string of the molecule is C[C@@H](NC(=O)c1n[nH]c2ccc(Cl)cc12)C(F)F. The van der Waals surface area contributed by atoms with Gasteiger partial charge in [-0.3, -0.25) is 9.89 Å². The predicted octanol–water partition coefficient (Wildman–Crippen LogP) is 2.60. The Morgan fingerprint density at radius 1 is 1.50 bits per heavy atom. The standard InChI is InChI=1S/C11H10ClF2N3O/c1-5(10(13)14)15-11(18)9-7-4-6(12)2-3-8(7)16-17-9/h2-5,10H,1H3,(H,15,18)(H,16,17)/t5-/m1/s1. The molecule has 2 N–H and O–H groups in total. The minimum atomic E-state index is -2.62. The Hall–Kier alpha value is -1.69. The molecule has 0 aliphatic rings. The Kier molecular flexibility index (Phi) is 3.47. The van der Waals surface area contributed by atoms with Crippen LogP contribution in [0, 0.1) is 0 Å². The molecule has 1 aromatic heterocycles. The number of nitrogens with one attached hydrogen (secondary N) is 2. The van der Waals surface area contributed by atoms with Gasteiger partial charge in [-0.25, -0.2) is 8.78 Å². The maximum atomic E-state index is 12.3. The zero-order valence-corrected chi connectivity index (χ0v) is 10.1. The first-order valence-corrected chi connectivity index (χ1v) is 5.59. The number of H-pyrrole nitrogens is 1. The lowest BCUT2D eigenvalue weighted by atomic mass is 10.2. The van der Waals surface area contributed by atoms with Gasteiger partial charge in [0.25, 0.3) is 12.3 Å². The summed E-state index contributed by atoms with van der Waals surface area (Å²) in [6.45, 7) is 1.23. The van der Waals surface area contributed by atoms with E-state index in [9.17, 15) is 13.6 Å². The van der Waals surface area contributed by atoms with Crippen molar-refractivity contribution in [3.8, 4) is 0 Å². The molecule has 96 valence electrons. The van der Waals surface area contributed by atoms with Gasteiger partial charge in [0.15, 0.2) is 5.69 Å². The lowest BCUT2D eigenvalue weighted by Gasteiger charge is -2.11. The average molecular weight is 274 g/mol. The Bertz CT molecular complexity index is 585. The summed E-state index contributed by atoms with van der Waals surface area (Å²) in [7, 11) is 0. The van der Waals surface area contributed by atoms with Crippen LogP contribution < -0.4 is 5.32 Å². The first-order valence-electron chi connectivity index (χ1n) is 5.21. The molecule has 0 spiro atoms. The molecule has 0 aliphatic heterocycles. The van der Waals surface area contributed by atoms with Gasteiger partial charge in [-0.1, -0.05) is 11.6 Å². The van der Waals surface area contributed by atoms with Gasteiger partial charge in [-0.05, 0) is 25.1 Å². The van der Waals surface area contributed by atoms with Crippen molar-refractivity contribution in [1.82, 2.24) is 15.5 Å². The largest absolute Gasteiger partial charge is 0.342 e. The average Bonchev–Trinajstić information content (AvgIpc) is 2.71. The van der Waals surface area contributed by atoms with Gasteiger partial charge in [0.2, 0.25) is 0 Å². The second kappa shape index (κ2) is 4.89. The highest BCUT2D eigenvalue weighted by Crippen LogP contribution is 2.20. The number of aromatic nitrogens is 2. The minimum Gasteiger partial charge on any atom is -0.342 e. The molecule has 1 atom stereocenters. The number of alkyl halides is 2. The zero-order chi connectivity index (χ0) is 13.3. The fourth-order valence-electron chi connectivity index (χ4n) is 1.50. The van der Waals surface area contributed by atoms with Crippen molar-refractivity contribution in [2.24, 2.45) is 0 Å². The molecule has 1 amide bonds. The van der Waals surface area contributed by atoms with Crippen LogP contribution in [0.1, 0.15) is 17.4 Å². The third-order valence-corrected chi connectivity index (χ3v) is 2.71. The number of benzene rings is 1. The third kappa shape index (κ3) is 2.43. The minimum absolute atomic E-state index is 0.0556. The number of halogens is 3. The van der Waals surface area contributed by atoms with Crippen LogP contribution in [0.2, 0.25) is 5.02 Å². The molecule has 0 fully saturated rings. The summed E-state index contributed by atoms with van der Waals surface area (Å²) in [5, 5.41) is 9.57. The Morgan fingerprint density at radius 2 is 2.22 bits per heavy atom. The summed E-state index contributed by atoms with van der Waals surface area (Å²) < 4.78 is 24.7. The van der Waals surface area contributed by atoms with Crippen molar-refractivity contribution in [2.75, 3.05) is 0 Å². The van der Waals surface area contributed by atoms with E-state index in [0.717, 1.165) is 0 Å². The maximum absolute atomic E-state index is 12.3. The number of rotatable bonds is 3. The first-order chi connectivity index (χ1) is 8.49. The summed E-state index contributed by atoms with van der Waals surface area (Å²) in [6.07, 6.45) is -2.62. The second-order valence-electron chi connectivity index (χ2n) is 3.86. The van der Waals surface area contributed by atoms with Gasteiger partial charge < -0.3 is 5.32 Å². The number of hydrogen-bond acceptors (Lipinski definition) is 2. The quantitative estimate of drug-likeness (QED) is 0.903. The number of fused-ring (bicyclic) bond motifs is 1. The van der Waals surface area contributed by atoms with E-state index in [1.807, 2.05) is 0 Å². The summed E-state index contributed by atoms with van der Waals surface area (Å²) >= 11 is 5.82. The highest BCUT2D eigenvalue weighted by atomic mass is 35.5. The molecule has 0 unspecified atom stereocenters. The lowest BCUT2D eigenvalue weighted by Crippen LogP contribution is -2.37. The number of carbonyl (C=O) groups is 1. The normalized spacial score (nSPS) is 12.9. The van der Waals surface area contributed by atoms with Gasteiger partial charge in [0, 0.05) is 10.4 Å². The summed E-state index contributed by atoms with van der Waals surface area (Å²) in [6, 6.07) is 3.63. The van der Waals surface area contributed by atoms with Crippen molar-refractivity contribution >= 4 is 28.4 Å². The molecule has 18 heavy (non-hydrogen) atoms. The van der Waals surface area contributed by atoms with Crippen molar-refractivity contribution in [1.29, 1.82) is 0 Å². The van der Waals surface area contributed by atoms with Gasteiger partial charge in [0.1, 0.15) is 0 Å². The topological polar surface area (TPSA) is 57.8 Å². The Labute approximate surface area is 106 Å². The van der Waals surface area contributed by atoms with Crippen LogP contribution in [0.15, 0.2) is 18.2 Å². The van der Waals surface area contributed by atoms with Crippen molar-refractivity contribution in [2.45, 2.75) is 19.4 Å². The highest BCUT2D eigenvalue weighted by molar-refractivity contribution is 6.31. The number of aromatic amines is 1. The predicted molar refractivity (Wildman–Crippen MR) is 64.0 cm³/mol. The van der Waals surface area contributed by atoms with Gasteiger partial charge in [0.05, 0.1) is 11.6 Å². The van der Waals surface area contributed by atoms with E-state index in [1.54, 1.807) is 18.2 Å². The van der Waals surface area contributed by atoms with E-state index in [0.29, 0.717) is 15.9 Å². The van der Waals surface area contributed by atoms with E-state index in [2.05, 4.69) is 15.5 Å². The number of hydrogen-bond donors (Lipinski definition) is 2. The molecular formula is C11H10ClF2N3O. The summed E-state index contributed by atoms with van der Waals surface area (Å²) in [4.78, 5) is 11.8. The van der Waals surface area contributed by atoms with Crippen LogP contribution in [-0.2, 0) is 0 Å². The van der Waals surface area contributed by atoms with E-state index in [-0.39, 0.29) is 5.69 Å². The summed E-state index contributed by atoms with van der Waals surface area (Å²) in [5.41, 5.74) is 0.675. The Morgan fingerprint density at radius 3 is 2.89 bits per heavy atom. The first kappa shape index (κ1) is 12.8. The fourth-order valence-corrected chi connectivity index (χ4v) is 1.67. The van der Waals surface area contributed by atoms with Crippen molar-refractivity contribution in [3.63, 3.8) is 0 Å². The molecule has 0 saturated carbocycles. The molecule has 2 rings (SSSR count). The fraction of sp³-hybridized carbons (Fsp3) is 0.273. The zero-order valence-electron chi connectivity index (χ0n) is 9.38. The third-order valence-electron chi connectivity index (χ3n) is 2.48. The van der Waals surface area contributed by atoms with Gasteiger partial charge in [-0.2, -0.15) is 5.10 Å². The monoisotopic (exact) mass is 273 g/mol. The van der Waals surface area contributed by atoms with Crippen LogP contribution in [0.5, 0.6) is 0 Å². The Balaban J connectivity index is 2.30. The number of carbonyl (C=O) groups excluding carboxylic acids is 1.